The van der Waals surface area contributed by atoms with Gasteiger partial charge in [0, 0.05) is 0 Å². The number of nitrogens with zero attached hydrogens (tertiary/aromatic N) is 1. The van der Waals surface area contributed by atoms with Gasteiger partial charge in [-0.25, -0.2) is 0 Å². The summed E-state index contributed by atoms with van der Waals surface area (Å²) in [5.41, 5.74) is 0. The van der Waals surface area contributed by atoms with Gasteiger partial charge in [0.2, 0.25) is 0 Å². The van der Waals surface area contributed by atoms with Gasteiger partial charge in [-0.3, -0.25) is 0 Å². The molecule has 0 N–H and O–H groups in total. The standard InChI is InChI=1S/C25H28NO4P/c1-24(2)29-19-25(20-30-24,26(27)28)31(3,21-13-7-4-8-14-21,22-15-9-5-10-16-22)23-17-11-6-12-18-23/h4-18H,19-20H2,1-3H3. The first-order valence-electron chi connectivity index (χ1n) is 10.4. The van der Waals surface area contributed by atoms with E-state index in [9.17, 15) is 10.1 Å². The van der Waals surface area contributed by atoms with Crippen LogP contribution in [0.2, 0.25) is 0 Å². The van der Waals surface area contributed by atoms with E-state index < -0.39 is 17.7 Å². The number of hydrogen-bond acceptors (Lipinski definition) is 4. The van der Waals surface area contributed by atoms with Crippen molar-refractivity contribution in [2.45, 2.75) is 24.9 Å². The zero-order valence-corrected chi connectivity index (χ0v) is 19.0. The zero-order chi connectivity index (χ0) is 22.2. The van der Waals surface area contributed by atoms with Gasteiger partial charge in [-0.15, -0.1) is 0 Å². The van der Waals surface area contributed by atoms with Gasteiger partial charge in [-0.2, -0.15) is 0 Å². The van der Waals surface area contributed by atoms with Crippen molar-refractivity contribution in [3.8, 4) is 0 Å². The second-order valence-corrected chi connectivity index (χ2v) is 14.3. The minimum atomic E-state index is -3.78. The molecule has 0 unspecified atom stereocenters. The third-order valence-electron chi connectivity index (χ3n) is 6.89. The normalized spacial score (nSPS) is 19.1. The second-order valence-electron chi connectivity index (χ2n) is 8.79. The zero-order valence-electron chi connectivity index (χ0n) is 18.1. The van der Waals surface area contributed by atoms with E-state index in [1.165, 1.54) is 0 Å². The topological polar surface area (TPSA) is 61.6 Å². The van der Waals surface area contributed by atoms with Crippen LogP contribution in [0, 0.1) is 10.1 Å². The van der Waals surface area contributed by atoms with Gasteiger partial charge in [-0.05, 0) is 0 Å². The molecule has 0 bridgehead atoms. The Labute approximate surface area is 183 Å². The Morgan fingerprint density at radius 2 is 1.06 bits per heavy atom. The molecule has 0 amide bonds. The molecule has 1 heterocycles. The van der Waals surface area contributed by atoms with Gasteiger partial charge < -0.3 is 0 Å². The summed E-state index contributed by atoms with van der Waals surface area (Å²) >= 11 is 0. The molecule has 6 heteroatoms. The minimum absolute atomic E-state index is 0.0417. The average Bonchev–Trinajstić information content (AvgIpc) is 2.80. The fourth-order valence-corrected chi connectivity index (χ4v) is 11.1. The molecule has 0 saturated carbocycles. The van der Waals surface area contributed by atoms with Crippen LogP contribution in [-0.2, 0) is 9.47 Å². The van der Waals surface area contributed by atoms with Crippen molar-refractivity contribution in [2.24, 2.45) is 0 Å². The molecule has 1 fully saturated rings. The van der Waals surface area contributed by atoms with Crippen molar-refractivity contribution < 1.29 is 14.4 Å². The number of rotatable bonds is 5. The number of hydrogen-bond donors (Lipinski definition) is 0. The van der Waals surface area contributed by atoms with Crippen LogP contribution in [0.1, 0.15) is 13.8 Å². The van der Waals surface area contributed by atoms with Crippen LogP contribution in [0.3, 0.4) is 0 Å². The molecule has 162 valence electrons. The van der Waals surface area contributed by atoms with Crippen molar-refractivity contribution in [3.63, 3.8) is 0 Å². The number of benzene rings is 3. The van der Waals surface area contributed by atoms with E-state index in [0.717, 1.165) is 15.9 Å². The van der Waals surface area contributed by atoms with Crippen LogP contribution in [0.5, 0.6) is 0 Å². The van der Waals surface area contributed by atoms with Crippen molar-refractivity contribution in [2.75, 3.05) is 19.9 Å². The van der Waals surface area contributed by atoms with Gasteiger partial charge in [-0.1, -0.05) is 0 Å². The molecule has 1 aliphatic rings. The predicted molar refractivity (Wildman–Crippen MR) is 127 cm³/mol. The van der Waals surface area contributed by atoms with Crippen molar-refractivity contribution in [1.82, 2.24) is 0 Å². The Kier molecular flexibility index (Phi) is 5.25. The first kappa shape index (κ1) is 21.6. The first-order chi connectivity index (χ1) is 14.8. The Balaban J connectivity index is 2.20. The second kappa shape index (κ2) is 7.52. The Morgan fingerprint density at radius 1 is 0.742 bits per heavy atom. The molecule has 3 aromatic carbocycles. The summed E-state index contributed by atoms with van der Waals surface area (Å²) in [7, 11) is 0. The Bertz CT molecular complexity index is 961. The van der Waals surface area contributed by atoms with Crippen LogP contribution in [0.4, 0.5) is 0 Å². The van der Waals surface area contributed by atoms with E-state index in [-0.39, 0.29) is 18.1 Å². The van der Waals surface area contributed by atoms with Crippen LogP contribution >= 0.6 is 6.60 Å². The number of ether oxygens (including phenoxy) is 2. The van der Waals surface area contributed by atoms with E-state index in [2.05, 4.69) is 6.66 Å². The summed E-state index contributed by atoms with van der Waals surface area (Å²) in [5, 5.41) is 14.5. The van der Waals surface area contributed by atoms with E-state index in [1.807, 2.05) is 91.0 Å². The Morgan fingerprint density at radius 3 is 1.35 bits per heavy atom. The summed E-state index contributed by atoms with van der Waals surface area (Å²) in [6, 6.07) is 29.6. The predicted octanol–water partition coefficient (Wildman–Crippen LogP) is 3.90. The van der Waals surface area contributed by atoms with E-state index in [4.69, 9.17) is 9.47 Å². The third kappa shape index (κ3) is 2.95. The van der Waals surface area contributed by atoms with Crippen LogP contribution in [0.15, 0.2) is 91.0 Å². The average molecular weight is 437 g/mol. The quantitative estimate of drug-likeness (QED) is 0.345. The molecule has 0 aliphatic carbocycles. The van der Waals surface area contributed by atoms with Gasteiger partial charge in [0.15, 0.2) is 0 Å². The monoisotopic (exact) mass is 437 g/mol. The molecule has 1 saturated heterocycles. The molecular formula is C25H28NO4P. The molecule has 0 aromatic heterocycles. The molecule has 5 nitrogen and oxygen atoms in total. The maximum absolute atomic E-state index is 13.1. The summed E-state index contributed by atoms with van der Waals surface area (Å²) in [6.07, 6.45) is 0. The maximum atomic E-state index is 13.1. The molecular weight excluding hydrogens is 409 g/mol. The van der Waals surface area contributed by atoms with Gasteiger partial charge >= 0.3 is 183 Å². The molecule has 0 atom stereocenters. The molecule has 4 rings (SSSR count). The fourth-order valence-electron chi connectivity index (χ4n) is 4.86. The third-order valence-corrected chi connectivity index (χ3v) is 14.2. The van der Waals surface area contributed by atoms with Crippen LogP contribution in [0.25, 0.3) is 0 Å². The van der Waals surface area contributed by atoms with Gasteiger partial charge in [0.25, 0.3) is 0 Å². The first-order valence-corrected chi connectivity index (χ1v) is 13.0. The molecule has 3 aromatic rings. The molecule has 0 radical (unpaired) electrons. The van der Waals surface area contributed by atoms with Crippen LogP contribution in [-0.4, -0.2) is 35.9 Å². The van der Waals surface area contributed by atoms with E-state index in [1.54, 1.807) is 13.8 Å². The van der Waals surface area contributed by atoms with Crippen molar-refractivity contribution >= 4 is 22.5 Å². The van der Waals surface area contributed by atoms with Gasteiger partial charge in [0.1, 0.15) is 0 Å². The van der Waals surface area contributed by atoms with Crippen molar-refractivity contribution in [1.29, 1.82) is 0 Å². The fraction of sp³-hybridized carbons (Fsp3) is 0.280. The summed E-state index contributed by atoms with van der Waals surface area (Å²) in [4.78, 5) is 13.0. The van der Waals surface area contributed by atoms with Crippen LogP contribution < -0.4 is 15.9 Å². The summed E-state index contributed by atoms with van der Waals surface area (Å²) in [5.74, 6) is -0.876. The summed E-state index contributed by atoms with van der Waals surface area (Å²) in [6.45, 7) is 1.84. The van der Waals surface area contributed by atoms with Gasteiger partial charge in [0.05, 0.1) is 0 Å². The molecule has 31 heavy (non-hydrogen) atoms. The van der Waals surface area contributed by atoms with E-state index >= 15 is 0 Å². The van der Waals surface area contributed by atoms with E-state index in [0.29, 0.717) is 0 Å². The Hall–Kier alpha value is -2.59. The van der Waals surface area contributed by atoms with Crippen molar-refractivity contribution in [3.05, 3.63) is 101 Å². The number of nitro groups is 1. The molecule has 1 aliphatic heterocycles. The SMILES string of the molecule is CC1(C)OCC([N+](=O)[O-])(P(C)(c2ccccc2)(c2ccccc2)c2ccccc2)CO1. The molecule has 0 spiro atoms. The summed E-state index contributed by atoms with van der Waals surface area (Å²) < 4.78 is 12.1.